The number of aryl methyl sites for hydroxylation is 1. The monoisotopic (exact) mass is 682 g/mol. The van der Waals surface area contributed by atoms with Gasteiger partial charge >= 0.3 is 11.9 Å². The minimum atomic E-state index is -1.04. The molecule has 10 nitrogen and oxygen atoms in total. The molecule has 0 N–H and O–H groups in total. The molecule has 250 valence electrons. The van der Waals surface area contributed by atoms with E-state index in [9.17, 15) is 19.2 Å². The van der Waals surface area contributed by atoms with Crippen LogP contribution in [0.4, 0.5) is 0 Å². The van der Waals surface area contributed by atoms with Gasteiger partial charge in [0.2, 0.25) is 11.8 Å². The summed E-state index contributed by atoms with van der Waals surface area (Å²) in [4.78, 5) is 64.2. The van der Waals surface area contributed by atoms with Crippen LogP contribution in [-0.4, -0.2) is 104 Å². The van der Waals surface area contributed by atoms with Gasteiger partial charge in [0, 0.05) is 60.9 Å². The molecular weight excluding hydrogens is 643 g/mol. The van der Waals surface area contributed by atoms with E-state index in [-0.39, 0.29) is 39.6 Å². The van der Waals surface area contributed by atoms with E-state index in [4.69, 9.17) is 37.7 Å². The molecule has 5 rings (SSSR count). The minimum Gasteiger partial charge on any atom is -0.468 e. The van der Waals surface area contributed by atoms with Crippen LogP contribution < -0.4 is 0 Å². The van der Waals surface area contributed by atoms with Crippen LogP contribution in [0.5, 0.6) is 0 Å². The molecule has 0 radical (unpaired) electrons. The Labute approximate surface area is 285 Å². The smallest absolute Gasteiger partial charge is 0.336 e. The number of nitrogens with zero attached hydrogens (tertiary/aromatic N) is 4. The van der Waals surface area contributed by atoms with E-state index in [1.165, 1.54) is 14.2 Å². The number of hydrogen-bond acceptors (Lipinski definition) is 8. The molecule has 47 heavy (non-hydrogen) atoms. The summed E-state index contributed by atoms with van der Waals surface area (Å²) in [6.07, 6.45) is 2.80. The number of amides is 2. The summed E-state index contributed by atoms with van der Waals surface area (Å²) in [5.74, 6) is -3.48. The lowest BCUT2D eigenvalue weighted by molar-refractivity contribution is -0.144. The molecule has 3 aliphatic heterocycles. The van der Waals surface area contributed by atoms with Crippen LogP contribution in [0.3, 0.4) is 0 Å². The molecule has 0 spiro atoms. The summed E-state index contributed by atoms with van der Waals surface area (Å²) in [6, 6.07) is 14.7. The quantitative estimate of drug-likeness (QED) is 0.339. The van der Waals surface area contributed by atoms with E-state index < -0.39 is 23.8 Å². The fraction of sp³-hybridized carbons (Fsp3) is 0.457. The van der Waals surface area contributed by atoms with Gasteiger partial charge in [0.05, 0.1) is 38.5 Å². The topological polar surface area (TPSA) is 109 Å². The van der Waals surface area contributed by atoms with Crippen molar-refractivity contribution in [2.45, 2.75) is 38.0 Å². The standard InChI is InChI=1S/C35H40Cl2N4O6/c1-46-34(44)31-26(14-13-23-9-4-3-5-10-23)38-27(32(35(45)47-2)33(31)30-24(36)11-8-12-25(30)37)21-28(42)41-19-17-39(18-20-41)22-29(43)40-15-6-7-16-40/h3-5,8-12,31,33H,6-7,13-22H2,1-2H3. The second-order valence-electron chi connectivity index (χ2n) is 12.0. The molecule has 2 atom stereocenters. The molecule has 0 bridgehead atoms. The van der Waals surface area contributed by atoms with Crippen LogP contribution in [0, 0.1) is 5.92 Å². The molecule has 2 aromatic rings. The molecule has 0 aliphatic carbocycles. The first-order valence-electron chi connectivity index (χ1n) is 15.9. The lowest BCUT2D eigenvalue weighted by Crippen LogP contribution is -2.51. The van der Waals surface area contributed by atoms with Crippen molar-refractivity contribution in [3.05, 3.63) is 81.0 Å². The number of esters is 2. The molecule has 0 saturated carbocycles. The first-order valence-corrected chi connectivity index (χ1v) is 16.7. The molecule has 12 heteroatoms. The van der Waals surface area contributed by atoms with E-state index in [2.05, 4.69) is 4.90 Å². The average molecular weight is 684 g/mol. The van der Waals surface area contributed by atoms with Crippen molar-refractivity contribution in [3.8, 4) is 0 Å². The Hall–Kier alpha value is -3.73. The van der Waals surface area contributed by atoms with E-state index in [1.807, 2.05) is 35.2 Å². The van der Waals surface area contributed by atoms with Gasteiger partial charge in [-0.3, -0.25) is 24.3 Å². The van der Waals surface area contributed by atoms with Gasteiger partial charge in [-0.1, -0.05) is 59.6 Å². The number of likely N-dealkylation sites (tertiary alicyclic amines) is 1. The van der Waals surface area contributed by atoms with Gasteiger partial charge in [-0.25, -0.2) is 4.79 Å². The predicted molar refractivity (Wildman–Crippen MR) is 179 cm³/mol. The largest absolute Gasteiger partial charge is 0.468 e. The number of hydrogen-bond donors (Lipinski definition) is 0. The van der Waals surface area contributed by atoms with Crippen molar-refractivity contribution in [1.29, 1.82) is 0 Å². The zero-order valence-corrected chi connectivity index (χ0v) is 28.3. The van der Waals surface area contributed by atoms with Crippen LogP contribution in [0.25, 0.3) is 0 Å². The summed E-state index contributed by atoms with van der Waals surface area (Å²) < 4.78 is 10.5. The molecule has 2 aromatic carbocycles. The normalized spacial score (nSPS) is 20.2. The Bertz CT molecular complexity index is 1530. The van der Waals surface area contributed by atoms with Crippen molar-refractivity contribution in [3.63, 3.8) is 0 Å². The number of rotatable bonds is 10. The maximum absolute atomic E-state index is 13.8. The predicted octanol–water partition coefficient (Wildman–Crippen LogP) is 4.54. The molecular formula is C35H40Cl2N4O6. The van der Waals surface area contributed by atoms with Crippen LogP contribution >= 0.6 is 23.2 Å². The van der Waals surface area contributed by atoms with Gasteiger partial charge in [-0.05, 0) is 48.9 Å². The lowest BCUT2D eigenvalue weighted by Gasteiger charge is -2.36. The second-order valence-corrected chi connectivity index (χ2v) is 12.8. The van der Waals surface area contributed by atoms with E-state index in [1.54, 1.807) is 23.1 Å². The maximum Gasteiger partial charge on any atom is 0.336 e. The fourth-order valence-electron chi connectivity index (χ4n) is 6.65. The van der Waals surface area contributed by atoms with Gasteiger partial charge in [0.15, 0.2) is 0 Å². The van der Waals surface area contributed by atoms with Crippen molar-refractivity contribution < 1.29 is 28.7 Å². The first-order chi connectivity index (χ1) is 22.7. The van der Waals surface area contributed by atoms with Crippen molar-refractivity contribution in [2.75, 3.05) is 60.0 Å². The number of piperazine rings is 1. The van der Waals surface area contributed by atoms with Gasteiger partial charge in [0.1, 0.15) is 5.92 Å². The summed E-state index contributed by atoms with van der Waals surface area (Å²) in [5.41, 5.74) is 2.11. The third kappa shape index (κ3) is 8.05. The molecule has 2 unspecified atom stereocenters. The number of aliphatic imine (C=N–C) groups is 1. The van der Waals surface area contributed by atoms with E-state index in [0.717, 1.165) is 31.5 Å². The first kappa shape index (κ1) is 34.6. The van der Waals surface area contributed by atoms with Crippen LogP contribution in [0.2, 0.25) is 10.0 Å². The maximum atomic E-state index is 13.8. The zero-order chi connectivity index (χ0) is 33.5. The second kappa shape index (κ2) is 15.9. The van der Waals surface area contributed by atoms with Crippen LogP contribution in [0.15, 0.2) is 64.8 Å². The van der Waals surface area contributed by atoms with Crippen molar-refractivity contribution in [2.24, 2.45) is 10.9 Å². The molecule has 2 saturated heterocycles. The Morgan fingerprint density at radius 1 is 0.787 bits per heavy atom. The van der Waals surface area contributed by atoms with Gasteiger partial charge in [-0.15, -0.1) is 0 Å². The number of halogens is 2. The lowest BCUT2D eigenvalue weighted by atomic mass is 9.73. The molecule has 3 aliphatic rings. The number of carbonyl (C=O) groups is 4. The number of carbonyl (C=O) groups excluding carboxylic acids is 4. The van der Waals surface area contributed by atoms with Gasteiger partial charge in [0.25, 0.3) is 0 Å². The summed E-state index contributed by atoms with van der Waals surface area (Å²) in [7, 11) is 2.52. The SMILES string of the molecule is COC(=O)C1=C(CC(=O)N2CCN(CC(=O)N3CCCC3)CC2)N=C(CCc2ccccc2)C(C(=O)OC)C1c1c(Cl)cccc1Cl. The third-order valence-electron chi connectivity index (χ3n) is 9.14. The van der Waals surface area contributed by atoms with E-state index in [0.29, 0.717) is 56.8 Å². The molecule has 2 fully saturated rings. The summed E-state index contributed by atoms with van der Waals surface area (Å²) >= 11 is 13.4. The molecule has 3 heterocycles. The summed E-state index contributed by atoms with van der Waals surface area (Å²) in [5, 5.41) is 0.514. The van der Waals surface area contributed by atoms with Gasteiger partial charge < -0.3 is 19.3 Å². The molecule has 2 amide bonds. The van der Waals surface area contributed by atoms with Crippen LogP contribution in [0.1, 0.15) is 42.7 Å². The number of methoxy groups -OCH3 is 2. The number of benzene rings is 2. The average Bonchev–Trinajstić information content (AvgIpc) is 3.63. The van der Waals surface area contributed by atoms with Crippen molar-refractivity contribution >= 4 is 52.7 Å². The minimum absolute atomic E-state index is 0.0459. The Morgan fingerprint density at radius 3 is 2.04 bits per heavy atom. The highest BCUT2D eigenvalue weighted by Crippen LogP contribution is 2.46. The van der Waals surface area contributed by atoms with Crippen molar-refractivity contribution in [1.82, 2.24) is 14.7 Å². The highest BCUT2D eigenvalue weighted by Gasteiger charge is 2.46. The zero-order valence-electron chi connectivity index (χ0n) is 26.8. The Kier molecular flexibility index (Phi) is 11.7. The highest BCUT2D eigenvalue weighted by atomic mass is 35.5. The molecule has 0 aromatic heterocycles. The fourth-order valence-corrected chi connectivity index (χ4v) is 7.28. The third-order valence-corrected chi connectivity index (χ3v) is 9.80. The Morgan fingerprint density at radius 2 is 1.43 bits per heavy atom. The van der Waals surface area contributed by atoms with Crippen LogP contribution in [-0.2, 0) is 35.1 Å². The highest BCUT2D eigenvalue weighted by molar-refractivity contribution is 6.36. The van der Waals surface area contributed by atoms with Gasteiger partial charge in [-0.2, -0.15) is 0 Å². The summed E-state index contributed by atoms with van der Waals surface area (Å²) in [6.45, 7) is 3.93. The Balaban J connectivity index is 1.47. The van der Waals surface area contributed by atoms with E-state index >= 15 is 0 Å². The number of ether oxygens (including phenoxy) is 2.